The monoisotopic (exact) mass is 324 g/mol. The topological polar surface area (TPSA) is 62.6 Å². The van der Waals surface area contributed by atoms with Crippen molar-refractivity contribution in [2.75, 3.05) is 25.0 Å². The van der Waals surface area contributed by atoms with Crippen LogP contribution < -0.4 is 15.5 Å². The largest absolute Gasteiger partial charge is 0.346 e. The number of quaternary nitrogens is 1. The highest BCUT2D eigenvalue weighted by atomic mass is 16.2. The van der Waals surface area contributed by atoms with Crippen molar-refractivity contribution in [1.82, 2.24) is 5.32 Å². The molecule has 2 amide bonds. The van der Waals surface area contributed by atoms with Gasteiger partial charge in [-0.2, -0.15) is 0 Å². The van der Waals surface area contributed by atoms with Crippen molar-refractivity contribution in [3.63, 3.8) is 0 Å². The Hall–Kier alpha value is -2.66. The van der Waals surface area contributed by atoms with Crippen molar-refractivity contribution < 1.29 is 14.5 Å². The molecule has 0 aromatic heterocycles. The Morgan fingerprint density at radius 3 is 2.58 bits per heavy atom. The van der Waals surface area contributed by atoms with Crippen LogP contribution in [0.4, 0.5) is 5.69 Å². The van der Waals surface area contributed by atoms with E-state index in [1.807, 2.05) is 61.5 Å². The number of hydrogen-bond donors (Lipinski definition) is 3. The average molecular weight is 324 g/mol. The molecular formula is C19H22N3O2+. The Morgan fingerprint density at radius 1 is 1.12 bits per heavy atom. The number of para-hydroxylation sites is 1. The van der Waals surface area contributed by atoms with Gasteiger partial charge in [0.15, 0.2) is 12.6 Å². The third kappa shape index (κ3) is 3.63. The van der Waals surface area contributed by atoms with Gasteiger partial charge in [0, 0.05) is 11.3 Å². The summed E-state index contributed by atoms with van der Waals surface area (Å²) in [5.41, 5.74) is 2.84. The molecule has 1 unspecified atom stereocenters. The van der Waals surface area contributed by atoms with E-state index in [2.05, 4.69) is 10.6 Å². The Kier molecular flexibility index (Phi) is 4.91. The molecule has 24 heavy (non-hydrogen) atoms. The summed E-state index contributed by atoms with van der Waals surface area (Å²) in [4.78, 5) is 25.2. The number of carbonyl (C=O) groups excluding carboxylic acids is 2. The summed E-state index contributed by atoms with van der Waals surface area (Å²) in [6.07, 6.45) is 0. The molecular weight excluding hydrogens is 302 g/mol. The molecule has 3 rings (SSSR count). The smallest absolute Gasteiger partial charge is 0.282 e. The fraction of sp³-hybridized carbons (Fsp3) is 0.263. The van der Waals surface area contributed by atoms with Crippen LogP contribution in [0.25, 0.3) is 11.1 Å². The van der Waals surface area contributed by atoms with Crippen molar-refractivity contribution in [2.24, 2.45) is 0 Å². The summed E-state index contributed by atoms with van der Waals surface area (Å²) >= 11 is 0. The van der Waals surface area contributed by atoms with E-state index in [4.69, 9.17) is 0 Å². The minimum Gasteiger partial charge on any atom is -0.346 e. The van der Waals surface area contributed by atoms with Gasteiger partial charge in [-0.25, -0.2) is 0 Å². The fourth-order valence-corrected chi connectivity index (χ4v) is 2.98. The molecule has 1 aliphatic heterocycles. The highest BCUT2D eigenvalue weighted by molar-refractivity contribution is 5.97. The quantitative estimate of drug-likeness (QED) is 0.775. The van der Waals surface area contributed by atoms with Crippen LogP contribution in [-0.2, 0) is 9.59 Å². The molecule has 2 aromatic rings. The zero-order valence-corrected chi connectivity index (χ0v) is 13.7. The molecule has 5 nitrogen and oxygen atoms in total. The van der Waals surface area contributed by atoms with Gasteiger partial charge < -0.3 is 15.5 Å². The lowest BCUT2D eigenvalue weighted by atomic mass is 10.0. The Morgan fingerprint density at radius 2 is 1.83 bits per heavy atom. The second-order valence-electron chi connectivity index (χ2n) is 6.06. The zero-order valence-electron chi connectivity index (χ0n) is 13.7. The summed E-state index contributed by atoms with van der Waals surface area (Å²) in [7, 11) is 0. The first kappa shape index (κ1) is 16.2. The highest BCUT2D eigenvalue weighted by Crippen LogP contribution is 2.27. The van der Waals surface area contributed by atoms with Crippen LogP contribution in [0.5, 0.6) is 0 Å². The van der Waals surface area contributed by atoms with Gasteiger partial charge in [-0.15, -0.1) is 0 Å². The van der Waals surface area contributed by atoms with Gasteiger partial charge >= 0.3 is 0 Å². The lowest BCUT2D eigenvalue weighted by Gasteiger charge is -2.28. The van der Waals surface area contributed by atoms with Crippen molar-refractivity contribution in [3.05, 3.63) is 54.6 Å². The molecule has 0 radical (unpaired) electrons. The third-order valence-electron chi connectivity index (χ3n) is 4.43. The van der Waals surface area contributed by atoms with E-state index in [1.54, 1.807) is 0 Å². The lowest BCUT2D eigenvalue weighted by molar-refractivity contribution is -0.907. The summed E-state index contributed by atoms with van der Waals surface area (Å²) < 4.78 is 0. The number of anilines is 1. The molecule has 0 bridgehead atoms. The maximum atomic E-state index is 12.6. The van der Waals surface area contributed by atoms with Crippen LogP contribution in [0.3, 0.4) is 0 Å². The normalized spacial score (nSPS) is 18.5. The summed E-state index contributed by atoms with van der Waals surface area (Å²) in [5.74, 6) is -0.0660. The second kappa shape index (κ2) is 7.27. The molecule has 0 spiro atoms. The maximum Gasteiger partial charge on any atom is 0.282 e. The van der Waals surface area contributed by atoms with Crippen molar-refractivity contribution >= 4 is 17.5 Å². The molecule has 1 heterocycles. The lowest BCUT2D eigenvalue weighted by Crippen LogP contribution is -3.19. The van der Waals surface area contributed by atoms with Crippen LogP contribution in [0.2, 0.25) is 0 Å². The Bertz CT molecular complexity index is 730. The van der Waals surface area contributed by atoms with Crippen molar-refractivity contribution in [1.29, 1.82) is 0 Å². The minimum absolute atomic E-state index is 0.000542. The van der Waals surface area contributed by atoms with Crippen LogP contribution in [0.1, 0.15) is 6.92 Å². The van der Waals surface area contributed by atoms with E-state index >= 15 is 0 Å². The standard InChI is InChI=1S/C19H21N3O2/c1-14(22-12-11-20-18(23)13-22)19(24)21-17-10-6-5-9-16(17)15-7-3-2-4-8-15/h2-10,14H,11-13H2,1H3,(H,20,23)(H,21,24)/p+1/t14-/m1/s1. The number of carbonyl (C=O) groups is 2. The molecule has 3 N–H and O–H groups in total. The van der Waals surface area contributed by atoms with Crippen molar-refractivity contribution in [2.45, 2.75) is 13.0 Å². The predicted octanol–water partition coefficient (Wildman–Crippen LogP) is 0.695. The number of hydrogen-bond acceptors (Lipinski definition) is 2. The minimum atomic E-state index is -0.278. The maximum absolute atomic E-state index is 12.6. The predicted molar refractivity (Wildman–Crippen MR) is 93.7 cm³/mol. The zero-order chi connectivity index (χ0) is 16.9. The fourth-order valence-electron chi connectivity index (χ4n) is 2.98. The SMILES string of the molecule is C[C@H](C(=O)Nc1ccccc1-c1ccccc1)[NH+]1CCNC(=O)C1. The van der Waals surface area contributed by atoms with Gasteiger partial charge in [0.1, 0.15) is 0 Å². The summed E-state index contributed by atoms with van der Waals surface area (Å²) in [6.45, 7) is 3.59. The van der Waals surface area contributed by atoms with E-state index in [0.29, 0.717) is 13.1 Å². The average Bonchev–Trinajstić information content (AvgIpc) is 2.62. The number of benzene rings is 2. The molecule has 2 aromatic carbocycles. The Balaban J connectivity index is 1.76. The van der Waals surface area contributed by atoms with Gasteiger partial charge in [0.25, 0.3) is 11.8 Å². The molecule has 2 atom stereocenters. The van der Waals surface area contributed by atoms with Gasteiger partial charge in [-0.1, -0.05) is 48.5 Å². The van der Waals surface area contributed by atoms with Gasteiger partial charge in [0.05, 0.1) is 13.1 Å². The Labute approximate surface area is 141 Å². The van der Waals surface area contributed by atoms with E-state index < -0.39 is 0 Å². The highest BCUT2D eigenvalue weighted by Gasteiger charge is 2.30. The first-order chi connectivity index (χ1) is 11.6. The number of rotatable bonds is 4. The first-order valence-electron chi connectivity index (χ1n) is 8.22. The number of piperazine rings is 1. The molecule has 0 saturated carbocycles. The number of nitrogens with one attached hydrogen (secondary N) is 3. The first-order valence-corrected chi connectivity index (χ1v) is 8.22. The van der Waals surface area contributed by atoms with Gasteiger partial charge in [-0.05, 0) is 18.6 Å². The van der Waals surface area contributed by atoms with E-state index in [1.165, 1.54) is 0 Å². The summed E-state index contributed by atoms with van der Waals surface area (Å²) in [6, 6.07) is 17.5. The van der Waals surface area contributed by atoms with E-state index in [9.17, 15) is 9.59 Å². The van der Waals surface area contributed by atoms with Gasteiger partial charge in [0.2, 0.25) is 0 Å². The molecule has 1 aliphatic rings. The third-order valence-corrected chi connectivity index (χ3v) is 4.43. The summed E-state index contributed by atoms with van der Waals surface area (Å²) in [5, 5.41) is 5.82. The molecule has 1 saturated heterocycles. The molecule has 124 valence electrons. The van der Waals surface area contributed by atoms with Gasteiger partial charge in [-0.3, -0.25) is 9.59 Å². The van der Waals surface area contributed by atoms with Crippen LogP contribution in [-0.4, -0.2) is 37.5 Å². The van der Waals surface area contributed by atoms with Crippen LogP contribution >= 0.6 is 0 Å². The van der Waals surface area contributed by atoms with Crippen LogP contribution in [0, 0.1) is 0 Å². The van der Waals surface area contributed by atoms with E-state index in [0.717, 1.165) is 28.3 Å². The molecule has 1 fully saturated rings. The van der Waals surface area contributed by atoms with Crippen LogP contribution in [0.15, 0.2) is 54.6 Å². The van der Waals surface area contributed by atoms with E-state index in [-0.39, 0.29) is 17.9 Å². The second-order valence-corrected chi connectivity index (χ2v) is 6.06. The number of amides is 2. The molecule has 5 heteroatoms. The van der Waals surface area contributed by atoms with Crippen molar-refractivity contribution in [3.8, 4) is 11.1 Å². The molecule has 0 aliphatic carbocycles.